The molecule has 3 fully saturated rings. The minimum atomic E-state index is -3.61. The van der Waals surface area contributed by atoms with E-state index in [0.717, 1.165) is 5.17 Å². The lowest BCUT2D eigenvalue weighted by atomic mass is 10.2. The zero-order valence-corrected chi connectivity index (χ0v) is 9.77. The van der Waals surface area contributed by atoms with Crippen molar-refractivity contribution in [3.63, 3.8) is 0 Å². The van der Waals surface area contributed by atoms with Crippen molar-refractivity contribution >= 4 is 19.2 Å². The molecular formula is C7H6N3O7P. The van der Waals surface area contributed by atoms with E-state index in [9.17, 15) is 14.7 Å². The largest absolute Gasteiger partial charge is 0.538 e. The van der Waals surface area contributed by atoms with Gasteiger partial charge in [-0.25, -0.2) is 4.57 Å². The van der Waals surface area contributed by atoms with Crippen LogP contribution in [-0.4, -0.2) is 17.4 Å². The molecule has 1 aromatic carbocycles. The van der Waals surface area contributed by atoms with Crippen molar-refractivity contribution in [3.05, 3.63) is 28.3 Å². The molecule has 96 valence electrons. The summed E-state index contributed by atoms with van der Waals surface area (Å²) in [4.78, 5) is 10.3. The molecule has 0 radical (unpaired) electrons. The van der Waals surface area contributed by atoms with Gasteiger partial charge in [0.05, 0.1) is 17.4 Å². The van der Waals surface area contributed by atoms with Gasteiger partial charge in [0.2, 0.25) is 0 Å². The average Bonchev–Trinajstić information content (AvgIpc) is 2.81. The lowest BCUT2D eigenvalue weighted by Crippen LogP contribution is -2.34. The Labute approximate surface area is 99.8 Å². The Morgan fingerprint density at radius 2 is 2.11 bits per heavy atom. The number of fused-ring (bicyclic) bond motifs is 1. The van der Waals surface area contributed by atoms with Gasteiger partial charge in [-0.1, -0.05) is 0 Å². The summed E-state index contributed by atoms with van der Waals surface area (Å²) in [5.41, 5.74) is -0.294. The minimum Gasteiger partial charge on any atom is -0.497 e. The smallest absolute Gasteiger partial charge is 0.497 e. The number of nitrogens with zero attached hydrogens (tertiary/aromatic N) is 3. The molecule has 3 aliphatic heterocycles. The second-order valence-corrected chi connectivity index (χ2v) is 4.70. The highest BCUT2D eigenvalue weighted by atomic mass is 31.2. The van der Waals surface area contributed by atoms with E-state index >= 15 is 0 Å². The van der Waals surface area contributed by atoms with E-state index in [2.05, 4.69) is 9.25 Å². The molecule has 2 bridgehead atoms. The number of hydrazine groups is 1. The Bertz CT molecular complexity index is 568. The van der Waals surface area contributed by atoms with Crippen molar-refractivity contribution < 1.29 is 28.1 Å². The summed E-state index contributed by atoms with van der Waals surface area (Å²) in [5.74, 6) is 0.364. The van der Waals surface area contributed by atoms with E-state index in [4.69, 9.17) is 9.36 Å². The fraction of sp³-hybridized carbons (Fsp3) is 0.143. The van der Waals surface area contributed by atoms with E-state index in [-0.39, 0.29) is 11.4 Å². The molecule has 0 aromatic heterocycles. The first-order valence-electron chi connectivity index (χ1n) is 4.64. The Morgan fingerprint density at radius 3 is 2.61 bits per heavy atom. The Morgan fingerprint density at radius 1 is 1.39 bits per heavy atom. The summed E-state index contributed by atoms with van der Waals surface area (Å²) in [6, 6.07) is 3.98. The van der Waals surface area contributed by atoms with Crippen molar-refractivity contribution in [1.29, 1.82) is 0 Å². The Hall–Kier alpha value is -1.71. The summed E-state index contributed by atoms with van der Waals surface area (Å²) < 4.78 is 30.3. The SMILES string of the molecule is COc1ccc([N+](=O)[O-])c(N2OP3(=O)ON2O3)c1. The summed E-state index contributed by atoms with van der Waals surface area (Å²) in [7, 11) is -2.20. The van der Waals surface area contributed by atoms with Crippen LogP contribution in [0.1, 0.15) is 0 Å². The van der Waals surface area contributed by atoms with Crippen LogP contribution in [0.5, 0.6) is 5.75 Å². The molecule has 0 aliphatic carbocycles. The monoisotopic (exact) mass is 275 g/mol. The van der Waals surface area contributed by atoms with Crippen LogP contribution in [0.3, 0.4) is 0 Å². The highest BCUT2D eigenvalue weighted by Gasteiger charge is 2.61. The van der Waals surface area contributed by atoms with Crippen LogP contribution in [0.15, 0.2) is 18.2 Å². The number of nitro benzene ring substituents is 1. The molecule has 18 heavy (non-hydrogen) atoms. The maximum Gasteiger partial charge on any atom is 0.538 e. The number of methoxy groups -OCH3 is 1. The van der Waals surface area contributed by atoms with Crippen molar-refractivity contribution in [1.82, 2.24) is 5.34 Å². The van der Waals surface area contributed by atoms with Crippen LogP contribution in [0.2, 0.25) is 0 Å². The number of benzene rings is 1. The molecule has 4 rings (SSSR count). The summed E-state index contributed by atoms with van der Waals surface area (Å²) in [6.45, 7) is 0. The van der Waals surface area contributed by atoms with Gasteiger partial charge in [-0.2, -0.15) is 0 Å². The van der Waals surface area contributed by atoms with Gasteiger partial charge in [-0.3, -0.25) is 10.1 Å². The lowest BCUT2D eigenvalue weighted by Gasteiger charge is -2.21. The second kappa shape index (κ2) is 3.64. The zero-order valence-electron chi connectivity index (χ0n) is 8.88. The van der Waals surface area contributed by atoms with Crippen LogP contribution in [-0.2, 0) is 18.4 Å². The van der Waals surface area contributed by atoms with Crippen LogP contribution < -0.4 is 9.91 Å². The highest BCUT2D eigenvalue weighted by Crippen LogP contribution is 2.67. The lowest BCUT2D eigenvalue weighted by molar-refractivity contribution is -0.385. The van der Waals surface area contributed by atoms with Crippen molar-refractivity contribution in [3.8, 4) is 5.75 Å². The highest BCUT2D eigenvalue weighted by molar-refractivity contribution is 7.49. The molecule has 0 amide bonds. The van der Waals surface area contributed by atoms with Crippen LogP contribution in [0.25, 0.3) is 0 Å². The van der Waals surface area contributed by atoms with Gasteiger partial charge in [-0.15, -0.1) is 19.0 Å². The normalized spacial score (nSPS) is 28.9. The quantitative estimate of drug-likeness (QED) is 0.461. The van der Waals surface area contributed by atoms with Crippen LogP contribution in [0.4, 0.5) is 11.4 Å². The minimum absolute atomic E-state index is 0.0189. The van der Waals surface area contributed by atoms with E-state index in [1.807, 2.05) is 0 Å². The van der Waals surface area contributed by atoms with Crippen molar-refractivity contribution in [2.45, 2.75) is 0 Å². The van der Waals surface area contributed by atoms with Crippen LogP contribution >= 0.6 is 7.82 Å². The van der Waals surface area contributed by atoms with Gasteiger partial charge < -0.3 is 4.74 Å². The number of hydrogen-bond donors (Lipinski definition) is 0. The topological polar surface area (TPSA) is 104 Å². The van der Waals surface area contributed by atoms with Crippen LogP contribution in [0, 0.1) is 10.1 Å². The zero-order chi connectivity index (χ0) is 12.9. The average molecular weight is 275 g/mol. The van der Waals surface area contributed by atoms with Gasteiger partial charge in [-0.05, 0) is 6.07 Å². The predicted octanol–water partition coefficient (Wildman–Crippen LogP) is 1.56. The molecule has 1 aromatic rings. The Balaban J connectivity index is 2.04. The number of hydrogen-bond acceptors (Lipinski definition) is 9. The third kappa shape index (κ3) is 1.55. The molecular weight excluding hydrogens is 269 g/mol. The number of anilines is 1. The fourth-order valence-electron chi connectivity index (χ4n) is 1.47. The third-order valence-electron chi connectivity index (χ3n) is 2.25. The van der Waals surface area contributed by atoms with Gasteiger partial charge in [0.1, 0.15) is 5.75 Å². The molecule has 3 heterocycles. The standard InChI is InChI=1S/C7H6N3O7P/c1-14-5-2-3-6(9(11)12)7(4-5)8-10-16-18(13,15-8)17-10/h2-4H,1H3. The maximum absolute atomic E-state index is 11.3. The first-order chi connectivity index (χ1) is 8.52. The van der Waals surface area contributed by atoms with Gasteiger partial charge in [0, 0.05) is 12.1 Å². The maximum atomic E-state index is 11.3. The molecule has 0 N–H and O–H groups in total. The predicted molar refractivity (Wildman–Crippen MR) is 54.8 cm³/mol. The molecule has 3 saturated heterocycles. The van der Waals surface area contributed by atoms with Gasteiger partial charge in [0.25, 0.3) is 5.69 Å². The molecule has 11 heteroatoms. The van der Waals surface area contributed by atoms with E-state index in [0.29, 0.717) is 11.1 Å². The van der Waals surface area contributed by atoms with Gasteiger partial charge >= 0.3 is 7.82 Å². The van der Waals surface area contributed by atoms with E-state index in [1.54, 1.807) is 0 Å². The van der Waals surface area contributed by atoms with E-state index in [1.165, 1.54) is 25.3 Å². The molecule has 0 unspecified atom stereocenters. The van der Waals surface area contributed by atoms with Crippen molar-refractivity contribution in [2.24, 2.45) is 0 Å². The first-order valence-corrected chi connectivity index (χ1v) is 6.10. The first kappa shape index (κ1) is 11.4. The molecule has 0 atom stereocenters. The van der Waals surface area contributed by atoms with Crippen molar-refractivity contribution in [2.75, 3.05) is 12.3 Å². The summed E-state index contributed by atoms with van der Waals surface area (Å²) in [6.07, 6.45) is 0. The number of phosphoric acid groups is 1. The Kier molecular flexibility index (Phi) is 2.30. The number of ether oxygens (including phenoxy) is 1. The third-order valence-corrected chi connectivity index (χ3v) is 3.28. The molecule has 10 nitrogen and oxygen atoms in total. The second-order valence-electron chi connectivity index (χ2n) is 3.31. The number of nitro groups is 1. The number of rotatable bonds is 3. The summed E-state index contributed by atoms with van der Waals surface area (Å²) >= 11 is 0. The molecule has 0 spiro atoms. The molecule has 3 aliphatic rings. The summed E-state index contributed by atoms with van der Waals surface area (Å²) in [5, 5.41) is 12.3. The fourth-order valence-corrected chi connectivity index (χ4v) is 2.35. The molecule has 0 saturated carbocycles. The van der Waals surface area contributed by atoms with Gasteiger partial charge in [0.15, 0.2) is 5.69 Å². The van der Waals surface area contributed by atoms with E-state index < -0.39 is 12.7 Å².